The number of fused-ring (bicyclic) bond motifs is 1. The molecule has 4 heterocycles. The van der Waals surface area contributed by atoms with E-state index in [0.29, 0.717) is 19.0 Å². The molecule has 3 aromatic heterocycles. The lowest BCUT2D eigenvalue weighted by Crippen LogP contribution is -2.50. The summed E-state index contributed by atoms with van der Waals surface area (Å²) in [6.07, 6.45) is 3.77. The van der Waals surface area contributed by atoms with Gasteiger partial charge in [-0.25, -0.2) is 9.50 Å². The quantitative estimate of drug-likeness (QED) is 0.399. The van der Waals surface area contributed by atoms with Crippen LogP contribution in [0, 0.1) is 0 Å². The fraction of sp³-hybridized carbons (Fsp3) is 0.391. The number of aliphatic hydroxyl groups excluding tert-OH is 1. The molecule has 4 aromatic rings. The molecule has 1 fully saturated rings. The molecule has 5 rings (SSSR count). The van der Waals surface area contributed by atoms with Gasteiger partial charge in [-0.15, -0.1) is 10.2 Å². The molecular weight excluding hydrogens is 436 g/mol. The second kappa shape index (κ2) is 9.14. The van der Waals surface area contributed by atoms with Crippen molar-refractivity contribution in [3.05, 3.63) is 53.4 Å². The number of hydrogen-bond acceptors (Lipinski definition) is 9. The molecule has 1 aliphatic heterocycles. The molecule has 4 N–H and O–H groups in total. The number of nitrogens with one attached hydrogen (secondary N) is 1. The first-order valence-electron chi connectivity index (χ1n) is 11.2. The molecule has 172 valence electrons. The second-order valence-electron chi connectivity index (χ2n) is 8.80. The van der Waals surface area contributed by atoms with Gasteiger partial charge >= 0.3 is 0 Å². The van der Waals surface area contributed by atoms with E-state index in [1.165, 1.54) is 0 Å². The summed E-state index contributed by atoms with van der Waals surface area (Å²) < 4.78 is 1.83. The molecule has 1 aromatic carbocycles. The monoisotopic (exact) mass is 464 g/mol. The Bertz CT molecular complexity index is 1250. The van der Waals surface area contributed by atoms with Crippen LogP contribution in [-0.4, -0.2) is 60.0 Å². The maximum absolute atomic E-state index is 10.2. The number of benzene rings is 1. The normalized spacial score (nSPS) is 19.4. The van der Waals surface area contributed by atoms with E-state index < -0.39 is 6.10 Å². The van der Waals surface area contributed by atoms with E-state index in [-0.39, 0.29) is 6.04 Å². The zero-order valence-corrected chi connectivity index (χ0v) is 19.5. The molecule has 0 saturated carbocycles. The second-order valence-corrected chi connectivity index (χ2v) is 9.81. The van der Waals surface area contributed by atoms with Crippen molar-refractivity contribution in [3.8, 4) is 10.6 Å². The Labute approximate surface area is 196 Å². The number of aromatic nitrogens is 5. The summed E-state index contributed by atoms with van der Waals surface area (Å²) in [5.74, 6) is 1.09. The maximum atomic E-state index is 10.2. The number of aliphatic hydroxyl groups is 1. The lowest BCUT2D eigenvalue weighted by molar-refractivity contribution is 0.0501. The lowest BCUT2D eigenvalue weighted by Gasteiger charge is -2.33. The van der Waals surface area contributed by atoms with Crippen LogP contribution in [0.4, 0.5) is 11.5 Å². The van der Waals surface area contributed by atoms with Gasteiger partial charge in [-0.05, 0) is 30.2 Å². The molecule has 1 aliphatic rings. The van der Waals surface area contributed by atoms with Crippen molar-refractivity contribution in [2.75, 3.05) is 18.4 Å². The highest BCUT2D eigenvalue weighted by Gasteiger charge is 2.25. The van der Waals surface area contributed by atoms with Crippen molar-refractivity contribution in [2.24, 2.45) is 5.73 Å². The van der Waals surface area contributed by atoms with Crippen molar-refractivity contribution in [1.82, 2.24) is 29.7 Å². The van der Waals surface area contributed by atoms with E-state index in [9.17, 15) is 5.11 Å². The summed E-state index contributed by atoms with van der Waals surface area (Å²) >= 11 is 1.62. The van der Waals surface area contributed by atoms with Crippen molar-refractivity contribution < 1.29 is 5.11 Å². The van der Waals surface area contributed by atoms with E-state index in [1.807, 2.05) is 28.9 Å². The van der Waals surface area contributed by atoms with Crippen molar-refractivity contribution >= 4 is 28.4 Å². The van der Waals surface area contributed by atoms with E-state index in [1.54, 1.807) is 17.7 Å². The number of anilines is 2. The van der Waals surface area contributed by atoms with Gasteiger partial charge in [0.05, 0.1) is 6.10 Å². The van der Waals surface area contributed by atoms with Gasteiger partial charge in [0, 0.05) is 49.0 Å². The maximum Gasteiger partial charge on any atom is 0.158 e. The Hall–Kier alpha value is -2.92. The first-order chi connectivity index (χ1) is 16.0. The van der Waals surface area contributed by atoms with Crippen LogP contribution in [0.2, 0.25) is 0 Å². The van der Waals surface area contributed by atoms with Gasteiger partial charge < -0.3 is 16.2 Å². The van der Waals surface area contributed by atoms with Gasteiger partial charge in [-0.1, -0.05) is 37.3 Å². The SMILES string of the molecule is CC(C)c1nnc(-c2cccc(Nc3ncnn4ccc(CN5CCC(N)C(O)C5)c34)c2)s1. The van der Waals surface area contributed by atoms with Gasteiger partial charge in [-0.3, -0.25) is 4.90 Å². The summed E-state index contributed by atoms with van der Waals surface area (Å²) in [6, 6.07) is 10.0. The first kappa shape index (κ1) is 21.9. The van der Waals surface area contributed by atoms with Crippen LogP contribution in [0.3, 0.4) is 0 Å². The lowest BCUT2D eigenvalue weighted by atomic mass is 10.0. The molecule has 0 bridgehead atoms. The highest BCUT2D eigenvalue weighted by Crippen LogP contribution is 2.31. The molecule has 0 aliphatic carbocycles. The Morgan fingerprint density at radius 2 is 2.15 bits per heavy atom. The number of β-amino-alcohol motifs (C(OH)–C–C–N with tert-alkyl or cyclic N) is 1. The van der Waals surface area contributed by atoms with Gasteiger partial charge in [0.2, 0.25) is 0 Å². The molecule has 2 unspecified atom stereocenters. The Balaban J connectivity index is 1.41. The fourth-order valence-electron chi connectivity index (χ4n) is 4.09. The van der Waals surface area contributed by atoms with E-state index in [2.05, 4.69) is 56.5 Å². The number of nitrogens with zero attached hydrogens (tertiary/aromatic N) is 6. The van der Waals surface area contributed by atoms with Crippen LogP contribution >= 0.6 is 11.3 Å². The summed E-state index contributed by atoms with van der Waals surface area (Å²) in [4.78, 5) is 6.75. The highest BCUT2D eigenvalue weighted by atomic mass is 32.1. The summed E-state index contributed by atoms with van der Waals surface area (Å²) in [5.41, 5.74) is 9.92. The molecule has 10 heteroatoms. The van der Waals surface area contributed by atoms with Gasteiger partial charge in [-0.2, -0.15) is 5.10 Å². The summed E-state index contributed by atoms with van der Waals surface area (Å²) in [7, 11) is 0. The van der Waals surface area contributed by atoms with Crippen LogP contribution in [0.1, 0.15) is 36.8 Å². The van der Waals surface area contributed by atoms with Crippen LogP contribution < -0.4 is 11.1 Å². The number of likely N-dealkylation sites (tertiary alicyclic amines) is 1. The highest BCUT2D eigenvalue weighted by molar-refractivity contribution is 7.14. The zero-order chi connectivity index (χ0) is 22.9. The van der Waals surface area contributed by atoms with Gasteiger partial charge in [0.25, 0.3) is 0 Å². The Morgan fingerprint density at radius 1 is 1.27 bits per heavy atom. The van der Waals surface area contributed by atoms with Crippen molar-refractivity contribution in [1.29, 1.82) is 0 Å². The van der Waals surface area contributed by atoms with Crippen LogP contribution in [0.15, 0.2) is 42.9 Å². The van der Waals surface area contributed by atoms with Crippen molar-refractivity contribution in [2.45, 2.75) is 44.9 Å². The minimum atomic E-state index is -0.499. The zero-order valence-electron chi connectivity index (χ0n) is 18.7. The molecule has 0 radical (unpaired) electrons. The fourth-order valence-corrected chi connectivity index (χ4v) is 4.93. The predicted molar refractivity (Wildman–Crippen MR) is 130 cm³/mol. The molecular formula is C23H28N8OS. The Kier molecular flexibility index (Phi) is 6.07. The molecule has 9 nitrogen and oxygen atoms in total. The van der Waals surface area contributed by atoms with E-state index in [4.69, 9.17) is 5.73 Å². The third-order valence-corrected chi connectivity index (χ3v) is 7.23. The molecule has 33 heavy (non-hydrogen) atoms. The van der Waals surface area contributed by atoms with Crippen LogP contribution in [0.5, 0.6) is 0 Å². The summed E-state index contributed by atoms with van der Waals surface area (Å²) in [5, 5.41) is 28.6. The topological polar surface area (TPSA) is 117 Å². The standard InChI is InChI=1S/C23H28N8OS/c1-14(2)22-28-29-23(33-22)15-4-3-5-17(10-15)27-21-20-16(6-9-31(20)26-13-25-21)11-30-8-7-18(24)19(32)12-30/h3-6,9-10,13-14,18-19,32H,7-8,11-12,24H2,1-2H3,(H,25,26,27). The largest absolute Gasteiger partial charge is 0.390 e. The van der Waals surface area contributed by atoms with Crippen molar-refractivity contribution in [3.63, 3.8) is 0 Å². The minimum absolute atomic E-state index is 0.149. The third-order valence-electron chi connectivity index (χ3n) is 5.96. The number of piperidine rings is 1. The molecule has 0 amide bonds. The summed E-state index contributed by atoms with van der Waals surface area (Å²) in [6.45, 7) is 6.37. The first-order valence-corrected chi connectivity index (χ1v) is 12.0. The van der Waals surface area contributed by atoms with Crippen LogP contribution in [-0.2, 0) is 6.54 Å². The van der Waals surface area contributed by atoms with E-state index in [0.717, 1.165) is 51.1 Å². The van der Waals surface area contributed by atoms with Crippen LogP contribution in [0.25, 0.3) is 16.1 Å². The average Bonchev–Trinajstić information content (AvgIpc) is 3.45. The third kappa shape index (κ3) is 4.60. The van der Waals surface area contributed by atoms with Gasteiger partial charge in [0.1, 0.15) is 21.9 Å². The number of hydrogen-bond donors (Lipinski definition) is 3. The molecule has 1 saturated heterocycles. The average molecular weight is 465 g/mol. The predicted octanol–water partition coefficient (Wildman–Crippen LogP) is 3.01. The van der Waals surface area contributed by atoms with Gasteiger partial charge in [0.15, 0.2) is 5.82 Å². The smallest absolute Gasteiger partial charge is 0.158 e. The number of rotatable bonds is 6. The number of nitrogens with two attached hydrogens (primary N) is 1. The van der Waals surface area contributed by atoms with E-state index >= 15 is 0 Å². The molecule has 0 spiro atoms. The minimum Gasteiger partial charge on any atom is -0.390 e. The molecule has 2 atom stereocenters. The Morgan fingerprint density at radius 3 is 2.94 bits per heavy atom.